The minimum Gasteiger partial charge on any atom is -0.366 e. The molecule has 0 spiro atoms. The van der Waals surface area contributed by atoms with Crippen molar-refractivity contribution in [1.29, 1.82) is 0 Å². The van der Waals surface area contributed by atoms with E-state index in [-0.39, 0.29) is 30.3 Å². The monoisotopic (exact) mass is 392 g/mol. The average molecular weight is 393 g/mol. The topological polar surface area (TPSA) is 57.2 Å². The predicted octanol–water partition coefficient (Wildman–Crippen LogP) is 3.98. The molecule has 2 saturated heterocycles. The molecule has 9 atom stereocenters. The predicted molar refractivity (Wildman–Crippen MR) is 107 cm³/mol. The molecule has 0 aromatic heterocycles. The van der Waals surface area contributed by atoms with Crippen LogP contribution < -0.4 is 0 Å². The van der Waals surface area contributed by atoms with Crippen LogP contribution in [0.4, 0.5) is 0 Å². The molecule has 0 saturated carbocycles. The first kappa shape index (κ1) is 21.7. The third-order valence-corrected chi connectivity index (χ3v) is 6.66. The smallest absolute Gasteiger partial charge is 0.183 e. The Balaban J connectivity index is 1.70. The fourth-order valence-electron chi connectivity index (χ4n) is 4.35. The van der Waals surface area contributed by atoms with Crippen molar-refractivity contribution >= 4 is 0 Å². The largest absolute Gasteiger partial charge is 0.366 e. The van der Waals surface area contributed by atoms with E-state index in [1.165, 1.54) is 0 Å². The molecule has 3 rings (SSSR count). The van der Waals surface area contributed by atoms with Crippen LogP contribution in [0.3, 0.4) is 0 Å². The Kier molecular flexibility index (Phi) is 7.51. The first-order valence-electron chi connectivity index (χ1n) is 10.7. The SMILES string of the molecule is CCC1O[C@@H](O[C@@H]2C(OCc3ccccc3)[C@H](O)OC[C@H]2C)C(C)[C@@H](C)[C@H]1C. The summed E-state index contributed by atoms with van der Waals surface area (Å²) < 4.78 is 24.4. The van der Waals surface area contributed by atoms with Crippen molar-refractivity contribution in [3.05, 3.63) is 35.9 Å². The van der Waals surface area contributed by atoms with Crippen molar-refractivity contribution in [1.82, 2.24) is 0 Å². The fraction of sp³-hybridized carbons (Fsp3) is 0.739. The Hall–Kier alpha value is -0.980. The lowest BCUT2D eigenvalue weighted by molar-refractivity contribution is -0.322. The average Bonchev–Trinajstić information content (AvgIpc) is 2.71. The molecule has 1 aromatic rings. The van der Waals surface area contributed by atoms with Gasteiger partial charge in [-0.3, -0.25) is 0 Å². The quantitative estimate of drug-likeness (QED) is 0.793. The summed E-state index contributed by atoms with van der Waals surface area (Å²) in [6.07, 6.45) is -0.954. The Morgan fingerprint density at radius 1 is 1.00 bits per heavy atom. The Labute approximate surface area is 169 Å². The third kappa shape index (κ3) is 4.77. The van der Waals surface area contributed by atoms with Crippen molar-refractivity contribution < 1.29 is 24.1 Å². The van der Waals surface area contributed by atoms with Crippen LogP contribution in [0.2, 0.25) is 0 Å². The van der Waals surface area contributed by atoms with Crippen LogP contribution in [0, 0.1) is 23.7 Å². The molecule has 0 bridgehead atoms. The zero-order valence-corrected chi connectivity index (χ0v) is 17.8. The maximum absolute atomic E-state index is 10.5. The maximum Gasteiger partial charge on any atom is 0.183 e. The van der Waals surface area contributed by atoms with E-state index in [0.717, 1.165) is 12.0 Å². The van der Waals surface area contributed by atoms with Crippen LogP contribution in [-0.2, 0) is 25.6 Å². The molecule has 0 radical (unpaired) electrons. The number of ether oxygens (including phenoxy) is 4. The van der Waals surface area contributed by atoms with Gasteiger partial charge in [0.05, 0.1) is 25.4 Å². The van der Waals surface area contributed by atoms with E-state index in [2.05, 4.69) is 34.6 Å². The molecule has 158 valence electrons. The highest BCUT2D eigenvalue weighted by Crippen LogP contribution is 2.38. The van der Waals surface area contributed by atoms with Crippen molar-refractivity contribution in [2.45, 2.75) is 78.5 Å². The van der Waals surface area contributed by atoms with Crippen LogP contribution in [0.25, 0.3) is 0 Å². The lowest BCUT2D eigenvalue weighted by Crippen LogP contribution is -2.55. The van der Waals surface area contributed by atoms with Gasteiger partial charge in [-0.15, -0.1) is 0 Å². The summed E-state index contributed by atoms with van der Waals surface area (Å²) in [5.74, 6) is 1.39. The summed E-state index contributed by atoms with van der Waals surface area (Å²) in [6.45, 7) is 11.8. The summed E-state index contributed by atoms with van der Waals surface area (Å²) in [5, 5.41) is 10.5. The summed E-state index contributed by atoms with van der Waals surface area (Å²) in [6, 6.07) is 9.96. The van der Waals surface area contributed by atoms with E-state index in [4.69, 9.17) is 18.9 Å². The van der Waals surface area contributed by atoms with Crippen LogP contribution >= 0.6 is 0 Å². The molecular weight excluding hydrogens is 356 g/mol. The van der Waals surface area contributed by atoms with Crippen molar-refractivity contribution in [3.8, 4) is 0 Å². The molecule has 2 fully saturated rings. The van der Waals surface area contributed by atoms with Gasteiger partial charge in [-0.25, -0.2) is 0 Å². The van der Waals surface area contributed by atoms with Crippen molar-refractivity contribution in [2.75, 3.05) is 6.61 Å². The number of benzene rings is 1. The van der Waals surface area contributed by atoms with E-state index in [9.17, 15) is 5.11 Å². The van der Waals surface area contributed by atoms with Crippen LogP contribution in [0.15, 0.2) is 30.3 Å². The normalized spacial score (nSPS) is 41.7. The molecular formula is C23H36O5. The molecule has 28 heavy (non-hydrogen) atoms. The lowest BCUT2D eigenvalue weighted by Gasteiger charge is -2.47. The molecule has 2 heterocycles. The molecule has 0 amide bonds. The van der Waals surface area contributed by atoms with E-state index >= 15 is 0 Å². The van der Waals surface area contributed by atoms with Gasteiger partial charge in [0.25, 0.3) is 0 Å². The van der Waals surface area contributed by atoms with Crippen LogP contribution in [0.5, 0.6) is 0 Å². The Bertz CT molecular complexity index is 592. The van der Waals surface area contributed by atoms with E-state index in [0.29, 0.717) is 25.0 Å². The molecule has 2 aliphatic heterocycles. The van der Waals surface area contributed by atoms with E-state index < -0.39 is 12.4 Å². The molecule has 5 heteroatoms. The Morgan fingerprint density at radius 3 is 2.39 bits per heavy atom. The second-order valence-corrected chi connectivity index (χ2v) is 8.59. The van der Waals surface area contributed by atoms with Gasteiger partial charge in [0.2, 0.25) is 0 Å². The first-order valence-corrected chi connectivity index (χ1v) is 10.7. The number of aliphatic hydroxyl groups excluding tert-OH is 1. The second-order valence-electron chi connectivity index (χ2n) is 8.59. The summed E-state index contributed by atoms with van der Waals surface area (Å²) in [4.78, 5) is 0. The zero-order chi connectivity index (χ0) is 20.3. The molecule has 0 aliphatic carbocycles. The number of aliphatic hydroxyl groups is 1. The fourth-order valence-corrected chi connectivity index (χ4v) is 4.35. The summed E-state index contributed by atoms with van der Waals surface area (Å²) in [7, 11) is 0. The van der Waals surface area contributed by atoms with Crippen molar-refractivity contribution in [3.63, 3.8) is 0 Å². The third-order valence-electron chi connectivity index (χ3n) is 6.66. The number of hydrogen-bond acceptors (Lipinski definition) is 5. The standard InChI is InChI=1S/C23H36O5/c1-6-19-16(4)15(3)17(5)23(27-19)28-20-14(2)12-26-22(24)21(20)25-13-18-10-8-7-9-11-18/h7-11,14-17,19-24H,6,12-13H2,1-5H3/t14-,15+,16-,17?,19?,20+,21?,22-,23+/m1/s1. The summed E-state index contributed by atoms with van der Waals surface area (Å²) in [5.41, 5.74) is 1.06. The van der Waals surface area contributed by atoms with Crippen LogP contribution in [-0.4, -0.2) is 42.6 Å². The molecule has 2 aliphatic rings. The minimum atomic E-state index is -0.998. The molecule has 1 aromatic carbocycles. The minimum absolute atomic E-state index is 0.106. The van der Waals surface area contributed by atoms with Gasteiger partial charge in [-0.2, -0.15) is 0 Å². The summed E-state index contributed by atoms with van der Waals surface area (Å²) >= 11 is 0. The maximum atomic E-state index is 10.5. The van der Waals surface area contributed by atoms with Crippen molar-refractivity contribution in [2.24, 2.45) is 23.7 Å². The van der Waals surface area contributed by atoms with Gasteiger partial charge in [-0.1, -0.05) is 65.0 Å². The van der Waals surface area contributed by atoms with Crippen LogP contribution in [0.1, 0.15) is 46.6 Å². The zero-order valence-electron chi connectivity index (χ0n) is 17.8. The highest BCUT2D eigenvalue weighted by atomic mass is 16.7. The molecule has 1 N–H and O–H groups in total. The second kappa shape index (κ2) is 9.68. The number of hydrogen-bond donors (Lipinski definition) is 1. The molecule has 3 unspecified atom stereocenters. The van der Waals surface area contributed by atoms with Gasteiger partial charge in [-0.05, 0) is 23.8 Å². The highest BCUT2D eigenvalue weighted by Gasteiger charge is 2.45. The first-order chi connectivity index (χ1) is 13.4. The number of rotatable bonds is 6. The van der Waals surface area contributed by atoms with E-state index in [1.54, 1.807) is 0 Å². The van der Waals surface area contributed by atoms with Gasteiger partial charge in [0.1, 0.15) is 6.10 Å². The molecule has 5 nitrogen and oxygen atoms in total. The lowest BCUT2D eigenvalue weighted by atomic mass is 9.78. The van der Waals surface area contributed by atoms with E-state index in [1.807, 2.05) is 30.3 Å². The van der Waals surface area contributed by atoms with Gasteiger partial charge in [0.15, 0.2) is 12.6 Å². The van der Waals surface area contributed by atoms with Gasteiger partial charge >= 0.3 is 0 Å². The van der Waals surface area contributed by atoms with Gasteiger partial charge < -0.3 is 24.1 Å². The van der Waals surface area contributed by atoms with Gasteiger partial charge in [0, 0.05) is 11.8 Å². The Morgan fingerprint density at radius 2 is 1.71 bits per heavy atom. The highest BCUT2D eigenvalue weighted by molar-refractivity contribution is 5.13.